The van der Waals surface area contributed by atoms with Crippen LogP contribution >= 0.6 is 0 Å². The number of hydrogen-bond donors (Lipinski definition) is 1. The molecule has 25 heavy (non-hydrogen) atoms. The number of alkyl halides is 3. The fourth-order valence-corrected chi connectivity index (χ4v) is 2.26. The largest absolute Gasteiger partial charge is 0.481 e. The Balaban J connectivity index is 2.05. The second-order valence-electron chi connectivity index (χ2n) is 5.66. The number of carbonyl (C=O) groups is 1. The number of carboxylic acid groups (broad SMARTS) is 1. The third-order valence-electron chi connectivity index (χ3n) is 3.46. The Hall–Kier alpha value is -2.54. The molecule has 0 saturated carbocycles. The Kier molecular flexibility index (Phi) is 6.03. The van der Waals surface area contributed by atoms with E-state index in [1.165, 1.54) is 12.1 Å². The molecule has 0 aliphatic heterocycles. The lowest BCUT2D eigenvalue weighted by Crippen LogP contribution is -2.21. The lowest BCUT2D eigenvalue weighted by atomic mass is 10.2. The Labute approximate surface area is 143 Å². The maximum Gasteiger partial charge on any atom is 0.416 e. The zero-order valence-electron chi connectivity index (χ0n) is 13.6. The molecule has 0 radical (unpaired) electrons. The molecular formula is C18H18F3NO3. The van der Waals surface area contributed by atoms with Crippen LogP contribution < -0.4 is 4.74 Å². The Morgan fingerprint density at radius 2 is 1.76 bits per heavy atom. The van der Waals surface area contributed by atoms with Gasteiger partial charge in [0, 0.05) is 13.1 Å². The van der Waals surface area contributed by atoms with Crippen LogP contribution in [0.4, 0.5) is 13.2 Å². The summed E-state index contributed by atoms with van der Waals surface area (Å²) in [5, 5.41) is 8.69. The highest BCUT2D eigenvalue weighted by Gasteiger charge is 2.30. The van der Waals surface area contributed by atoms with Gasteiger partial charge in [0.05, 0.1) is 12.0 Å². The van der Waals surface area contributed by atoms with E-state index in [2.05, 4.69) is 0 Å². The molecule has 0 atom stereocenters. The Bertz CT molecular complexity index is 732. The topological polar surface area (TPSA) is 49.8 Å². The van der Waals surface area contributed by atoms with E-state index in [4.69, 9.17) is 9.84 Å². The van der Waals surface area contributed by atoms with Crippen LogP contribution in [0.5, 0.6) is 11.5 Å². The van der Waals surface area contributed by atoms with Gasteiger partial charge in [-0.2, -0.15) is 13.2 Å². The van der Waals surface area contributed by atoms with Gasteiger partial charge in [0.1, 0.15) is 11.5 Å². The molecule has 0 aliphatic carbocycles. The second kappa shape index (κ2) is 8.02. The van der Waals surface area contributed by atoms with Gasteiger partial charge in [0.15, 0.2) is 0 Å². The summed E-state index contributed by atoms with van der Waals surface area (Å²) in [6.07, 6.45) is -4.38. The quantitative estimate of drug-likeness (QED) is 0.801. The van der Waals surface area contributed by atoms with Crippen LogP contribution in [0.3, 0.4) is 0 Å². The van der Waals surface area contributed by atoms with Crippen molar-refractivity contribution in [2.45, 2.75) is 19.1 Å². The lowest BCUT2D eigenvalue weighted by Gasteiger charge is -2.16. The second-order valence-corrected chi connectivity index (χ2v) is 5.66. The number of carboxylic acids is 1. The van der Waals surface area contributed by atoms with Gasteiger partial charge in [-0.15, -0.1) is 0 Å². The van der Waals surface area contributed by atoms with E-state index in [9.17, 15) is 18.0 Å². The molecule has 0 aromatic heterocycles. The van der Waals surface area contributed by atoms with Crippen LogP contribution in [0.1, 0.15) is 17.5 Å². The molecule has 0 fully saturated rings. The van der Waals surface area contributed by atoms with Crippen LogP contribution in [0.2, 0.25) is 0 Å². The summed E-state index contributed by atoms with van der Waals surface area (Å²) in [4.78, 5) is 12.4. The highest BCUT2D eigenvalue weighted by molar-refractivity contribution is 5.66. The van der Waals surface area contributed by atoms with Crippen LogP contribution in [-0.2, 0) is 17.5 Å². The molecule has 7 heteroatoms. The predicted octanol–water partition coefficient (Wildman–Crippen LogP) is 4.40. The van der Waals surface area contributed by atoms with Crippen LogP contribution in [0.15, 0.2) is 48.5 Å². The first kappa shape index (κ1) is 18.8. The van der Waals surface area contributed by atoms with Gasteiger partial charge in [-0.25, -0.2) is 0 Å². The van der Waals surface area contributed by atoms with Gasteiger partial charge in [-0.05, 0) is 42.9 Å². The molecule has 0 saturated heterocycles. The fraction of sp³-hybridized carbons (Fsp3) is 0.278. The molecule has 0 spiro atoms. The third kappa shape index (κ3) is 6.11. The number of ether oxygens (including phenoxy) is 1. The normalized spacial score (nSPS) is 11.6. The molecule has 0 unspecified atom stereocenters. The smallest absolute Gasteiger partial charge is 0.416 e. The minimum absolute atomic E-state index is 0.0386. The van der Waals surface area contributed by atoms with Crippen LogP contribution in [0, 0.1) is 0 Å². The van der Waals surface area contributed by atoms with E-state index in [1.54, 1.807) is 25.2 Å². The first-order valence-electron chi connectivity index (χ1n) is 7.58. The summed E-state index contributed by atoms with van der Waals surface area (Å²) in [5.41, 5.74) is 0.104. The van der Waals surface area contributed by atoms with Gasteiger partial charge < -0.3 is 14.7 Å². The molecule has 0 aliphatic rings. The Morgan fingerprint density at radius 1 is 1.12 bits per heavy atom. The molecule has 4 nitrogen and oxygen atoms in total. The minimum Gasteiger partial charge on any atom is -0.481 e. The molecule has 2 aromatic rings. The van der Waals surface area contributed by atoms with Crippen LogP contribution in [0.25, 0.3) is 0 Å². The zero-order valence-corrected chi connectivity index (χ0v) is 13.6. The number of benzene rings is 2. The summed E-state index contributed by atoms with van der Waals surface area (Å²) in [6, 6.07) is 11.6. The number of rotatable bonds is 7. The third-order valence-corrected chi connectivity index (χ3v) is 3.46. The maximum absolute atomic E-state index is 12.7. The van der Waals surface area contributed by atoms with Crippen molar-refractivity contribution in [3.05, 3.63) is 59.7 Å². The molecule has 2 rings (SSSR count). The van der Waals surface area contributed by atoms with E-state index in [0.717, 1.165) is 17.7 Å². The molecule has 134 valence electrons. The first-order valence-corrected chi connectivity index (χ1v) is 7.58. The van der Waals surface area contributed by atoms with Gasteiger partial charge in [-0.1, -0.05) is 18.2 Å². The summed E-state index contributed by atoms with van der Waals surface area (Å²) in [7, 11) is 1.79. The van der Waals surface area contributed by atoms with Gasteiger partial charge in [-0.3, -0.25) is 4.79 Å². The number of halogens is 3. The highest BCUT2D eigenvalue weighted by Crippen LogP contribution is 2.32. The van der Waals surface area contributed by atoms with Crippen molar-refractivity contribution in [1.29, 1.82) is 0 Å². The molecule has 0 heterocycles. The van der Waals surface area contributed by atoms with E-state index in [-0.39, 0.29) is 12.2 Å². The Morgan fingerprint density at radius 3 is 2.40 bits per heavy atom. The minimum atomic E-state index is -4.42. The van der Waals surface area contributed by atoms with Crippen molar-refractivity contribution in [2.24, 2.45) is 0 Å². The number of aliphatic carboxylic acids is 1. The standard InChI is InChI=1S/C18H18F3NO3/c1-22(9-8-17(23)24)12-13-4-2-6-15(10-13)25-16-7-3-5-14(11-16)18(19,20)21/h2-7,10-11H,8-9,12H2,1H3,(H,23,24). The molecule has 2 aromatic carbocycles. The van der Waals surface area contributed by atoms with E-state index >= 15 is 0 Å². The molecular weight excluding hydrogens is 335 g/mol. The summed E-state index contributed by atoms with van der Waals surface area (Å²) < 4.78 is 43.7. The molecule has 1 N–H and O–H groups in total. The first-order chi connectivity index (χ1) is 11.7. The molecule has 0 amide bonds. The van der Waals surface area contributed by atoms with E-state index < -0.39 is 17.7 Å². The van der Waals surface area contributed by atoms with E-state index in [0.29, 0.717) is 18.8 Å². The SMILES string of the molecule is CN(CCC(=O)O)Cc1cccc(Oc2cccc(C(F)(F)F)c2)c1. The highest BCUT2D eigenvalue weighted by atomic mass is 19.4. The average Bonchev–Trinajstić information content (AvgIpc) is 2.53. The van der Waals surface area contributed by atoms with Crippen molar-refractivity contribution in [2.75, 3.05) is 13.6 Å². The van der Waals surface area contributed by atoms with Crippen molar-refractivity contribution in [3.63, 3.8) is 0 Å². The lowest BCUT2D eigenvalue weighted by molar-refractivity contribution is -0.138. The van der Waals surface area contributed by atoms with Crippen molar-refractivity contribution < 1.29 is 27.8 Å². The van der Waals surface area contributed by atoms with Crippen molar-refractivity contribution >= 4 is 5.97 Å². The average molecular weight is 353 g/mol. The fourth-order valence-electron chi connectivity index (χ4n) is 2.26. The zero-order chi connectivity index (χ0) is 18.4. The van der Waals surface area contributed by atoms with Crippen LogP contribution in [-0.4, -0.2) is 29.6 Å². The molecule has 0 bridgehead atoms. The number of hydrogen-bond acceptors (Lipinski definition) is 3. The number of nitrogens with zero attached hydrogens (tertiary/aromatic N) is 1. The van der Waals surface area contributed by atoms with E-state index in [1.807, 2.05) is 11.0 Å². The van der Waals surface area contributed by atoms with Crippen molar-refractivity contribution in [1.82, 2.24) is 4.90 Å². The summed E-state index contributed by atoms with van der Waals surface area (Å²) in [5.74, 6) is -0.344. The predicted molar refractivity (Wildman–Crippen MR) is 86.5 cm³/mol. The summed E-state index contributed by atoms with van der Waals surface area (Å²) in [6.45, 7) is 0.904. The van der Waals surface area contributed by atoms with Crippen molar-refractivity contribution in [3.8, 4) is 11.5 Å². The summed E-state index contributed by atoms with van der Waals surface area (Å²) >= 11 is 0. The van der Waals surface area contributed by atoms with Gasteiger partial charge in [0.25, 0.3) is 0 Å². The monoisotopic (exact) mass is 353 g/mol. The van der Waals surface area contributed by atoms with Gasteiger partial charge in [0.2, 0.25) is 0 Å². The maximum atomic E-state index is 12.7. The van der Waals surface area contributed by atoms with Gasteiger partial charge >= 0.3 is 12.1 Å².